The smallest absolute Gasteiger partial charge is 0.339 e. The molecule has 100 valence electrons. The lowest BCUT2D eigenvalue weighted by molar-refractivity contribution is 0.0688. The van der Waals surface area contributed by atoms with Crippen LogP contribution in [0.3, 0.4) is 0 Å². The van der Waals surface area contributed by atoms with Crippen LogP contribution in [0.15, 0.2) is 52.6 Å². The fourth-order valence-corrected chi connectivity index (χ4v) is 2.75. The molecule has 20 heavy (non-hydrogen) atoms. The van der Waals surface area contributed by atoms with E-state index in [1.807, 2.05) is 12.1 Å². The predicted octanol–water partition coefficient (Wildman–Crippen LogP) is 2.72. The molecule has 0 atom stereocenters. The van der Waals surface area contributed by atoms with E-state index in [0.29, 0.717) is 10.8 Å². The second-order valence-electron chi connectivity index (χ2n) is 3.93. The second-order valence-corrected chi connectivity index (χ2v) is 4.94. The zero-order valence-electron chi connectivity index (χ0n) is 10.0. The Bertz CT molecular complexity index is 803. The second kappa shape index (κ2) is 4.93. The molecule has 3 aromatic rings. The van der Waals surface area contributed by atoms with Gasteiger partial charge in [-0.05, 0) is 36.0 Å². The molecule has 0 amide bonds. The van der Waals surface area contributed by atoms with Gasteiger partial charge in [-0.3, -0.25) is 4.40 Å². The number of aromatic nitrogens is 3. The molecule has 1 N–H and O–H groups in total. The third-order valence-corrected chi connectivity index (χ3v) is 3.69. The van der Waals surface area contributed by atoms with Gasteiger partial charge in [-0.15, -0.1) is 10.2 Å². The summed E-state index contributed by atoms with van der Waals surface area (Å²) >= 11 is 1.06. The average Bonchev–Trinajstić information content (AvgIpc) is 2.82. The molecule has 0 unspecified atom stereocenters. The minimum absolute atomic E-state index is 0.288. The van der Waals surface area contributed by atoms with Crippen LogP contribution < -0.4 is 0 Å². The van der Waals surface area contributed by atoms with Crippen molar-refractivity contribution in [1.82, 2.24) is 14.6 Å². The molecule has 0 saturated carbocycles. The number of carboxylic acid groups (broad SMARTS) is 1. The molecule has 0 saturated heterocycles. The maximum Gasteiger partial charge on any atom is 0.339 e. The van der Waals surface area contributed by atoms with Crippen molar-refractivity contribution in [1.29, 1.82) is 0 Å². The number of carbonyl (C=O) groups is 1. The third-order valence-electron chi connectivity index (χ3n) is 2.67. The molecule has 0 radical (unpaired) electrons. The Morgan fingerprint density at radius 3 is 2.85 bits per heavy atom. The monoisotopic (exact) mass is 289 g/mol. The first-order chi connectivity index (χ1) is 9.66. The normalized spacial score (nSPS) is 10.8. The van der Waals surface area contributed by atoms with Crippen LogP contribution in [0.1, 0.15) is 10.4 Å². The van der Waals surface area contributed by atoms with Gasteiger partial charge in [0.15, 0.2) is 10.8 Å². The first-order valence-corrected chi connectivity index (χ1v) is 6.48. The summed E-state index contributed by atoms with van der Waals surface area (Å²) in [4.78, 5) is 11.4. The molecular formula is C13H8FN3O2S. The molecule has 3 rings (SSSR count). The molecule has 0 aliphatic heterocycles. The Labute approximate surface area is 117 Å². The summed E-state index contributed by atoms with van der Waals surface area (Å²) in [5.41, 5.74) is 0.286. The van der Waals surface area contributed by atoms with Crippen LogP contribution in [0.2, 0.25) is 0 Å². The van der Waals surface area contributed by atoms with Gasteiger partial charge in [-0.1, -0.05) is 12.1 Å². The molecule has 0 bridgehead atoms. The van der Waals surface area contributed by atoms with E-state index < -0.39 is 11.8 Å². The van der Waals surface area contributed by atoms with Crippen molar-refractivity contribution in [3.8, 4) is 0 Å². The third kappa shape index (κ3) is 2.12. The SMILES string of the molecule is O=C(O)c1c(F)cccc1Sc1nnc2ccccn12. The highest BCUT2D eigenvalue weighted by Crippen LogP contribution is 2.30. The van der Waals surface area contributed by atoms with Crippen molar-refractivity contribution in [2.75, 3.05) is 0 Å². The summed E-state index contributed by atoms with van der Waals surface area (Å²) in [6.07, 6.45) is 1.76. The Kier molecular flexibility index (Phi) is 3.11. The number of halogens is 1. The van der Waals surface area contributed by atoms with Gasteiger partial charge in [0.2, 0.25) is 0 Å². The van der Waals surface area contributed by atoms with Crippen molar-refractivity contribution >= 4 is 23.4 Å². The molecule has 2 heterocycles. The highest BCUT2D eigenvalue weighted by molar-refractivity contribution is 7.99. The number of benzene rings is 1. The minimum atomic E-state index is -1.31. The summed E-state index contributed by atoms with van der Waals surface area (Å²) in [5.74, 6) is -2.07. The molecular weight excluding hydrogens is 281 g/mol. The first-order valence-electron chi connectivity index (χ1n) is 5.66. The molecule has 0 aliphatic rings. The quantitative estimate of drug-likeness (QED) is 0.803. The Morgan fingerprint density at radius 2 is 2.05 bits per heavy atom. The van der Waals surface area contributed by atoms with Crippen molar-refractivity contribution in [2.45, 2.75) is 10.1 Å². The van der Waals surface area contributed by atoms with Gasteiger partial charge in [-0.2, -0.15) is 0 Å². The van der Waals surface area contributed by atoms with Gasteiger partial charge in [-0.25, -0.2) is 9.18 Å². The van der Waals surface area contributed by atoms with Gasteiger partial charge >= 0.3 is 5.97 Å². The molecule has 0 spiro atoms. The van der Waals surface area contributed by atoms with Crippen LogP contribution in [0.4, 0.5) is 4.39 Å². The molecule has 0 aliphatic carbocycles. The van der Waals surface area contributed by atoms with Gasteiger partial charge in [0.05, 0.1) is 0 Å². The van der Waals surface area contributed by atoms with Gasteiger partial charge in [0.25, 0.3) is 0 Å². The summed E-state index contributed by atoms with van der Waals surface area (Å²) in [6, 6.07) is 9.54. The topological polar surface area (TPSA) is 67.5 Å². The Balaban J connectivity index is 2.08. The average molecular weight is 289 g/mol. The number of carboxylic acids is 1. The van der Waals surface area contributed by atoms with Crippen LogP contribution in [0.5, 0.6) is 0 Å². The Morgan fingerprint density at radius 1 is 1.20 bits per heavy atom. The summed E-state index contributed by atoms with van der Waals surface area (Å²) in [6.45, 7) is 0. The molecule has 5 nitrogen and oxygen atoms in total. The zero-order valence-corrected chi connectivity index (χ0v) is 10.8. The fraction of sp³-hybridized carbons (Fsp3) is 0. The maximum atomic E-state index is 13.6. The number of hydrogen-bond acceptors (Lipinski definition) is 4. The molecule has 1 aromatic carbocycles. The van der Waals surface area contributed by atoms with Crippen LogP contribution in [-0.2, 0) is 0 Å². The van der Waals surface area contributed by atoms with Crippen molar-refractivity contribution in [2.24, 2.45) is 0 Å². The lowest BCUT2D eigenvalue weighted by Gasteiger charge is -2.05. The van der Waals surface area contributed by atoms with Gasteiger partial charge in [0.1, 0.15) is 11.4 Å². The lowest BCUT2D eigenvalue weighted by atomic mass is 10.2. The summed E-state index contributed by atoms with van der Waals surface area (Å²) < 4.78 is 15.3. The number of pyridine rings is 1. The number of hydrogen-bond donors (Lipinski definition) is 1. The molecule has 0 fully saturated rings. The molecule has 7 heteroatoms. The van der Waals surface area contributed by atoms with E-state index in [-0.39, 0.29) is 10.5 Å². The minimum Gasteiger partial charge on any atom is -0.478 e. The van der Waals surface area contributed by atoms with E-state index in [4.69, 9.17) is 5.11 Å². The van der Waals surface area contributed by atoms with Crippen LogP contribution in [0, 0.1) is 5.82 Å². The van der Waals surface area contributed by atoms with E-state index in [1.54, 1.807) is 22.7 Å². The highest BCUT2D eigenvalue weighted by atomic mass is 32.2. The lowest BCUT2D eigenvalue weighted by Crippen LogP contribution is -2.03. The van der Waals surface area contributed by atoms with E-state index in [2.05, 4.69) is 10.2 Å². The number of nitrogens with zero attached hydrogens (tertiary/aromatic N) is 3. The summed E-state index contributed by atoms with van der Waals surface area (Å²) in [5, 5.41) is 17.5. The van der Waals surface area contributed by atoms with Crippen molar-refractivity contribution < 1.29 is 14.3 Å². The van der Waals surface area contributed by atoms with E-state index in [1.165, 1.54) is 6.07 Å². The fourth-order valence-electron chi connectivity index (χ4n) is 1.78. The number of rotatable bonds is 3. The van der Waals surface area contributed by atoms with Gasteiger partial charge < -0.3 is 5.11 Å². The van der Waals surface area contributed by atoms with Crippen LogP contribution in [-0.4, -0.2) is 25.7 Å². The summed E-state index contributed by atoms with van der Waals surface area (Å²) in [7, 11) is 0. The molecule has 2 aromatic heterocycles. The maximum absolute atomic E-state index is 13.6. The first kappa shape index (κ1) is 12.6. The van der Waals surface area contributed by atoms with Crippen molar-refractivity contribution in [3.63, 3.8) is 0 Å². The van der Waals surface area contributed by atoms with Crippen LogP contribution >= 0.6 is 11.8 Å². The van der Waals surface area contributed by atoms with Crippen LogP contribution in [0.25, 0.3) is 5.65 Å². The predicted molar refractivity (Wildman–Crippen MR) is 70.5 cm³/mol. The highest BCUT2D eigenvalue weighted by Gasteiger charge is 2.18. The number of aromatic carboxylic acids is 1. The van der Waals surface area contributed by atoms with Gasteiger partial charge in [0, 0.05) is 11.1 Å². The largest absolute Gasteiger partial charge is 0.478 e. The van der Waals surface area contributed by atoms with Crippen molar-refractivity contribution in [3.05, 3.63) is 54.0 Å². The zero-order chi connectivity index (χ0) is 14.1. The van der Waals surface area contributed by atoms with E-state index in [9.17, 15) is 9.18 Å². The van der Waals surface area contributed by atoms with E-state index >= 15 is 0 Å². The van der Waals surface area contributed by atoms with E-state index in [0.717, 1.165) is 17.8 Å². The Hall–Kier alpha value is -2.41. The standard InChI is InChI=1S/C13H8FN3O2S/c14-8-4-3-5-9(11(8)12(18)19)20-13-16-15-10-6-1-2-7-17(10)13/h1-7H,(H,18,19). The number of fused-ring (bicyclic) bond motifs is 1.